The molecule has 1 aromatic rings. The van der Waals surface area contributed by atoms with Crippen LogP contribution >= 0.6 is 7.60 Å². The lowest BCUT2D eigenvalue weighted by molar-refractivity contribution is 0.272. The van der Waals surface area contributed by atoms with Crippen LogP contribution in [0.2, 0.25) is 0 Å². The largest absolute Gasteiger partial charge is 0.332 e. The topological polar surface area (TPSA) is 70.3 Å². The van der Waals surface area contributed by atoms with E-state index in [2.05, 4.69) is 0 Å². The molecule has 5 heteroatoms. The van der Waals surface area contributed by atoms with Gasteiger partial charge in [-0.3, -0.25) is 4.57 Å². The summed E-state index contributed by atoms with van der Waals surface area (Å²) >= 11 is 0. The van der Waals surface area contributed by atoms with Crippen LogP contribution < -0.4 is 0 Å². The van der Waals surface area contributed by atoms with E-state index in [1.807, 2.05) is 6.07 Å². The summed E-state index contributed by atoms with van der Waals surface area (Å²) in [6.45, 7) is 1.86. The van der Waals surface area contributed by atoms with Crippen LogP contribution in [0.5, 0.6) is 0 Å². The molecular weight excluding hydrogens is 213 g/mol. The van der Waals surface area contributed by atoms with Crippen molar-refractivity contribution in [3.63, 3.8) is 0 Å². The number of hydrogen-bond donors (Lipinski definition) is 1. The van der Waals surface area contributed by atoms with Crippen LogP contribution in [0.25, 0.3) is 0 Å². The van der Waals surface area contributed by atoms with Crippen LogP contribution in [0.3, 0.4) is 0 Å². The Morgan fingerprint density at radius 3 is 2.93 bits per heavy atom. The second kappa shape index (κ2) is 5.09. The Bertz CT molecular complexity index is 425. The van der Waals surface area contributed by atoms with Crippen molar-refractivity contribution >= 4 is 7.60 Å². The van der Waals surface area contributed by atoms with Gasteiger partial charge in [0.15, 0.2) is 0 Å². The smallest absolute Gasteiger partial charge is 0.324 e. The molecule has 0 aliphatic carbocycles. The van der Waals surface area contributed by atoms with Gasteiger partial charge in [-0.05, 0) is 24.6 Å². The Morgan fingerprint density at radius 1 is 1.60 bits per heavy atom. The fourth-order valence-corrected chi connectivity index (χ4v) is 2.37. The van der Waals surface area contributed by atoms with Crippen LogP contribution in [-0.4, -0.2) is 11.5 Å². The van der Waals surface area contributed by atoms with Crippen molar-refractivity contribution in [3.05, 3.63) is 35.4 Å². The fourth-order valence-electron chi connectivity index (χ4n) is 1.22. The van der Waals surface area contributed by atoms with Gasteiger partial charge in [0, 0.05) is 0 Å². The molecular formula is C10H12NO3P. The Morgan fingerprint density at radius 2 is 2.33 bits per heavy atom. The van der Waals surface area contributed by atoms with E-state index in [-0.39, 0.29) is 12.8 Å². The monoisotopic (exact) mass is 225 g/mol. The first-order valence-corrected chi connectivity index (χ1v) is 6.29. The van der Waals surface area contributed by atoms with E-state index in [0.29, 0.717) is 11.1 Å². The number of nitriles is 1. The predicted octanol–water partition coefficient (Wildman–Crippen LogP) is 2.28. The second-order valence-corrected chi connectivity index (χ2v) is 4.87. The summed E-state index contributed by atoms with van der Waals surface area (Å²) in [4.78, 5) is 9.38. The van der Waals surface area contributed by atoms with Gasteiger partial charge in [0.2, 0.25) is 0 Å². The molecule has 1 atom stereocenters. The van der Waals surface area contributed by atoms with Crippen molar-refractivity contribution in [2.24, 2.45) is 0 Å². The molecule has 0 bridgehead atoms. The highest BCUT2D eigenvalue weighted by Crippen LogP contribution is 2.45. The van der Waals surface area contributed by atoms with Gasteiger partial charge in [0.1, 0.15) is 0 Å². The molecule has 15 heavy (non-hydrogen) atoms. The maximum absolute atomic E-state index is 11.4. The lowest BCUT2D eigenvalue weighted by atomic mass is 10.2. The average Bonchev–Trinajstić information content (AvgIpc) is 2.17. The van der Waals surface area contributed by atoms with Crippen LogP contribution in [0.4, 0.5) is 0 Å². The molecule has 4 nitrogen and oxygen atoms in total. The summed E-state index contributed by atoms with van der Waals surface area (Å²) < 4.78 is 16.2. The maximum Gasteiger partial charge on any atom is 0.332 e. The van der Waals surface area contributed by atoms with E-state index in [0.717, 1.165) is 0 Å². The number of rotatable bonds is 4. The van der Waals surface area contributed by atoms with E-state index in [4.69, 9.17) is 9.79 Å². The zero-order chi connectivity index (χ0) is 11.3. The zero-order valence-corrected chi connectivity index (χ0v) is 9.28. The Labute approximate surface area is 88.7 Å². The van der Waals surface area contributed by atoms with Crippen LogP contribution in [0.1, 0.15) is 18.1 Å². The molecule has 1 rings (SSSR count). The molecule has 0 saturated heterocycles. The van der Waals surface area contributed by atoms with Crippen molar-refractivity contribution in [2.75, 3.05) is 6.61 Å². The van der Waals surface area contributed by atoms with E-state index >= 15 is 0 Å². The molecule has 1 N–H and O–H groups in total. The molecule has 0 fully saturated rings. The first-order chi connectivity index (χ1) is 7.07. The maximum atomic E-state index is 11.4. The molecule has 1 aromatic carbocycles. The van der Waals surface area contributed by atoms with Gasteiger partial charge < -0.3 is 9.42 Å². The molecule has 0 aromatic heterocycles. The third-order valence-corrected chi connectivity index (χ3v) is 3.20. The summed E-state index contributed by atoms with van der Waals surface area (Å²) in [7, 11) is -3.55. The molecule has 0 spiro atoms. The summed E-state index contributed by atoms with van der Waals surface area (Å²) in [5.74, 6) is 0. The molecule has 0 aliphatic rings. The first-order valence-electron chi connectivity index (χ1n) is 4.53. The van der Waals surface area contributed by atoms with Crippen molar-refractivity contribution < 1.29 is 14.0 Å². The van der Waals surface area contributed by atoms with Gasteiger partial charge in [-0.15, -0.1) is 0 Å². The number of benzene rings is 1. The standard InChI is InChI=1S/C10H12NO3P/c1-2-14-15(12,13)8-10-5-3-4-9(6-10)7-11/h3-6H,2,8H2,1H3,(H,12,13). The fraction of sp³-hybridized carbons (Fsp3) is 0.300. The summed E-state index contributed by atoms with van der Waals surface area (Å²) in [6, 6.07) is 8.58. The van der Waals surface area contributed by atoms with Gasteiger partial charge in [0.05, 0.1) is 24.4 Å². The molecule has 1 unspecified atom stereocenters. The molecule has 0 radical (unpaired) electrons. The average molecular weight is 225 g/mol. The van der Waals surface area contributed by atoms with Crippen LogP contribution in [-0.2, 0) is 15.3 Å². The zero-order valence-electron chi connectivity index (χ0n) is 8.38. The summed E-state index contributed by atoms with van der Waals surface area (Å²) in [6.07, 6.45) is -0.0592. The molecule has 0 saturated carbocycles. The van der Waals surface area contributed by atoms with Gasteiger partial charge in [-0.25, -0.2) is 0 Å². The van der Waals surface area contributed by atoms with Crippen molar-refractivity contribution in [2.45, 2.75) is 13.1 Å². The van der Waals surface area contributed by atoms with Crippen LogP contribution in [0.15, 0.2) is 24.3 Å². The number of hydrogen-bond acceptors (Lipinski definition) is 3. The minimum atomic E-state index is -3.55. The minimum absolute atomic E-state index is 0.0592. The first kappa shape index (κ1) is 11.9. The van der Waals surface area contributed by atoms with Crippen molar-refractivity contribution in [3.8, 4) is 6.07 Å². The minimum Gasteiger partial charge on any atom is -0.324 e. The quantitative estimate of drug-likeness (QED) is 0.798. The number of nitrogens with zero attached hydrogens (tertiary/aromatic N) is 1. The molecule has 80 valence electrons. The van der Waals surface area contributed by atoms with Gasteiger partial charge in [-0.2, -0.15) is 5.26 Å². The van der Waals surface area contributed by atoms with Crippen molar-refractivity contribution in [1.29, 1.82) is 5.26 Å². The Kier molecular flexibility index (Phi) is 4.05. The lowest BCUT2D eigenvalue weighted by Gasteiger charge is -2.10. The van der Waals surface area contributed by atoms with E-state index in [1.54, 1.807) is 31.2 Å². The highest BCUT2D eigenvalue weighted by atomic mass is 31.2. The molecule has 0 amide bonds. The summed E-state index contributed by atoms with van der Waals surface area (Å²) in [5, 5.41) is 8.65. The Balaban J connectivity index is 2.81. The normalized spacial score (nSPS) is 14.2. The second-order valence-electron chi connectivity index (χ2n) is 3.03. The van der Waals surface area contributed by atoms with E-state index in [1.165, 1.54) is 0 Å². The third-order valence-electron chi connectivity index (χ3n) is 1.77. The lowest BCUT2D eigenvalue weighted by Crippen LogP contribution is -1.93. The van der Waals surface area contributed by atoms with Gasteiger partial charge in [0.25, 0.3) is 0 Å². The van der Waals surface area contributed by atoms with Gasteiger partial charge in [-0.1, -0.05) is 12.1 Å². The van der Waals surface area contributed by atoms with E-state index in [9.17, 15) is 9.46 Å². The summed E-state index contributed by atoms with van der Waals surface area (Å²) in [5.41, 5.74) is 1.11. The highest BCUT2D eigenvalue weighted by molar-refractivity contribution is 7.51. The van der Waals surface area contributed by atoms with E-state index < -0.39 is 7.60 Å². The van der Waals surface area contributed by atoms with Crippen LogP contribution in [0, 0.1) is 11.3 Å². The van der Waals surface area contributed by atoms with Crippen molar-refractivity contribution in [1.82, 2.24) is 0 Å². The Hall–Kier alpha value is -1.14. The molecule has 0 aliphatic heterocycles. The predicted molar refractivity (Wildman–Crippen MR) is 56.3 cm³/mol. The highest BCUT2D eigenvalue weighted by Gasteiger charge is 2.18. The SMILES string of the molecule is CCOP(=O)(O)Cc1cccc(C#N)c1. The third kappa shape index (κ3) is 3.85. The van der Waals surface area contributed by atoms with Gasteiger partial charge >= 0.3 is 7.60 Å². The molecule has 0 heterocycles.